The van der Waals surface area contributed by atoms with Crippen LogP contribution in [0.4, 0.5) is 20.3 Å². The quantitative estimate of drug-likeness (QED) is 0.698. The van der Waals surface area contributed by atoms with Gasteiger partial charge in [-0.25, -0.2) is 13.8 Å². The number of rotatable bonds is 5. The Morgan fingerprint density at radius 1 is 1.00 bits per heavy atom. The first-order valence-corrected chi connectivity index (χ1v) is 8.43. The fourth-order valence-corrected chi connectivity index (χ4v) is 2.65. The van der Waals surface area contributed by atoms with Crippen molar-refractivity contribution in [1.29, 1.82) is 0 Å². The van der Waals surface area contributed by atoms with E-state index in [1.54, 1.807) is 18.3 Å². The van der Waals surface area contributed by atoms with Crippen molar-refractivity contribution < 1.29 is 23.0 Å². The van der Waals surface area contributed by atoms with Crippen molar-refractivity contribution in [1.82, 2.24) is 4.98 Å². The molecule has 142 valence electrons. The van der Waals surface area contributed by atoms with Crippen LogP contribution in [0.15, 0.2) is 54.7 Å². The second-order valence-electron chi connectivity index (χ2n) is 6.06. The molecule has 2 aromatic carbocycles. The molecule has 28 heavy (non-hydrogen) atoms. The first-order valence-electron chi connectivity index (χ1n) is 8.43. The van der Waals surface area contributed by atoms with E-state index in [1.165, 1.54) is 6.07 Å². The maximum atomic E-state index is 13.2. The lowest BCUT2D eigenvalue weighted by atomic mass is 10.2. The summed E-state index contributed by atoms with van der Waals surface area (Å²) in [6.45, 7) is 0.784. The number of aromatic nitrogens is 1. The van der Waals surface area contributed by atoms with Gasteiger partial charge in [0, 0.05) is 12.1 Å². The van der Waals surface area contributed by atoms with Gasteiger partial charge in [0.1, 0.15) is 5.82 Å². The molecule has 1 aliphatic heterocycles. The highest BCUT2D eigenvalue weighted by Crippen LogP contribution is 2.32. The molecule has 2 heterocycles. The summed E-state index contributed by atoms with van der Waals surface area (Å²) < 4.78 is 36.8. The molecule has 0 saturated carbocycles. The van der Waals surface area contributed by atoms with Crippen molar-refractivity contribution in [3.05, 3.63) is 77.5 Å². The van der Waals surface area contributed by atoms with Gasteiger partial charge in [-0.3, -0.25) is 4.79 Å². The summed E-state index contributed by atoms with van der Waals surface area (Å²) in [6, 6.07) is 12.0. The molecule has 0 unspecified atom stereocenters. The number of benzene rings is 2. The van der Waals surface area contributed by atoms with Gasteiger partial charge in [-0.05, 0) is 48.0 Å². The second kappa shape index (κ2) is 7.51. The van der Waals surface area contributed by atoms with Gasteiger partial charge in [0.15, 0.2) is 23.1 Å². The zero-order valence-corrected chi connectivity index (χ0v) is 14.5. The molecule has 0 aliphatic carbocycles. The maximum absolute atomic E-state index is 13.2. The fourth-order valence-electron chi connectivity index (χ4n) is 2.65. The van der Waals surface area contributed by atoms with E-state index in [2.05, 4.69) is 15.6 Å². The zero-order chi connectivity index (χ0) is 19.5. The second-order valence-corrected chi connectivity index (χ2v) is 6.06. The lowest BCUT2D eigenvalue weighted by Crippen LogP contribution is -2.13. The van der Waals surface area contributed by atoms with E-state index in [4.69, 9.17) is 9.47 Å². The van der Waals surface area contributed by atoms with Crippen molar-refractivity contribution in [3.63, 3.8) is 0 Å². The van der Waals surface area contributed by atoms with Crippen molar-refractivity contribution in [2.24, 2.45) is 0 Å². The molecule has 1 aliphatic rings. The smallest absolute Gasteiger partial charge is 0.256 e. The van der Waals surface area contributed by atoms with Gasteiger partial charge in [0.25, 0.3) is 5.91 Å². The number of ether oxygens (including phenoxy) is 2. The zero-order valence-electron chi connectivity index (χ0n) is 14.5. The Labute approximate surface area is 159 Å². The maximum Gasteiger partial charge on any atom is 0.256 e. The van der Waals surface area contributed by atoms with Gasteiger partial charge < -0.3 is 20.1 Å². The van der Waals surface area contributed by atoms with Gasteiger partial charge in [-0.2, -0.15) is 0 Å². The predicted octanol–water partition coefficient (Wildman–Crippen LogP) is 3.95. The van der Waals surface area contributed by atoms with Crippen molar-refractivity contribution in [2.75, 3.05) is 17.4 Å². The Hall–Kier alpha value is -3.68. The number of anilines is 2. The SMILES string of the molecule is O=C(Nc1ccc(NCc2ccc3c(c2)OCO3)cn1)c1ccc(F)c(F)c1. The standard InChI is InChI=1S/C20H15F2N3O3/c21-15-4-2-13(8-16(15)22)20(26)25-19-6-3-14(10-24-19)23-9-12-1-5-17-18(7-12)28-11-27-17/h1-8,10,23H,9,11H2,(H,24,25,26). The molecular formula is C20H15F2N3O3. The minimum absolute atomic E-state index is 0.00529. The topological polar surface area (TPSA) is 72.5 Å². The van der Waals surface area contributed by atoms with Crippen LogP contribution < -0.4 is 20.1 Å². The highest BCUT2D eigenvalue weighted by atomic mass is 19.2. The minimum Gasteiger partial charge on any atom is -0.454 e. The molecule has 2 N–H and O–H groups in total. The van der Waals surface area contributed by atoms with Crippen LogP contribution in [0.3, 0.4) is 0 Å². The van der Waals surface area contributed by atoms with E-state index in [0.29, 0.717) is 18.1 Å². The average Bonchev–Trinajstić information content (AvgIpc) is 3.17. The summed E-state index contributed by atoms with van der Waals surface area (Å²) in [5, 5.41) is 5.75. The predicted molar refractivity (Wildman–Crippen MR) is 98.4 cm³/mol. The van der Waals surface area contributed by atoms with Crippen LogP contribution in [-0.2, 0) is 6.54 Å². The molecule has 1 amide bonds. The molecule has 3 aromatic rings. The number of halogens is 2. The average molecular weight is 383 g/mol. The summed E-state index contributed by atoms with van der Waals surface area (Å²) in [7, 11) is 0. The van der Waals surface area contributed by atoms with Gasteiger partial charge in [-0.1, -0.05) is 6.07 Å². The Morgan fingerprint density at radius 3 is 2.64 bits per heavy atom. The van der Waals surface area contributed by atoms with Crippen molar-refractivity contribution >= 4 is 17.4 Å². The van der Waals surface area contributed by atoms with E-state index in [0.717, 1.165) is 29.1 Å². The Bertz CT molecular complexity index is 1030. The number of nitrogens with zero attached hydrogens (tertiary/aromatic N) is 1. The molecule has 0 radical (unpaired) electrons. The summed E-state index contributed by atoms with van der Waals surface area (Å²) in [5.74, 6) is -0.925. The lowest BCUT2D eigenvalue weighted by Gasteiger charge is -2.09. The van der Waals surface area contributed by atoms with Gasteiger partial charge in [-0.15, -0.1) is 0 Å². The van der Waals surface area contributed by atoms with Crippen molar-refractivity contribution in [3.8, 4) is 11.5 Å². The molecule has 4 rings (SSSR count). The summed E-state index contributed by atoms with van der Waals surface area (Å²) in [5.41, 5.74) is 1.77. The third kappa shape index (κ3) is 3.85. The molecule has 0 saturated heterocycles. The summed E-state index contributed by atoms with van der Waals surface area (Å²) >= 11 is 0. The van der Waals surface area contributed by atoms with Gasteiger partial charge in [0.2, 0.25) is 6.79 Å². The molecule has 0 atom stereocenters. The molecule has 0 bridgehead atoms. The molecular weight excluding hydrogens is 368 g/mol. The van der Waals surface area contributed by atoms with E-state index in [1.807, 2.05) is 18.2 Å². The number of carbonyl (C=O) groups is 1. The first kappa shape index (κ1) is 17.7. The fraction of sp³-hybridized carbons (Fsp3) is 0.100. The lowest BCUT2D eigenvalue weighted by molar-refractivity contribution is 0.102. The van der Waals surface area contributed by atoms with Crippen LogP contribution in [0, 0.1) is 11.6 Å². The third-order valence-electron chi connectivity index (χ3n) is 4.12. The van der Waals surface area contributed by atoms with Crippen LogP contribution in [0.25, 0.3) is 0 Å². The number of nitrogens with one attached hydrogen (secondary N) is 2. The number of hydrogen-bond acceptors (Lipinski definition) is 5. The van der Waals surface area contributed by atoms with E-state index in [9.17, 15) is 13.6 Å². The van der Waals surface area contributed by atoms with E-state index in [-0.39, 0.29) is 12.4 Å². The molecule has 0 fully saturated rings. The molecule has 8 heteroatoms. The van der Waals surface area contributed by atoms with Gasteiger partial charge in [0.05, 0.1) is 11.9 Å². The number of hydrogen-bond donors (Lipinski definition) is 2. The van der Waals surface area contributed by atoms with Crippen LogP contribution in [0.1, 0.15) is 15.9 Å². The summed E-state index contributed by atoms with van der Waals surface area (Å²) in [6.07, 6.45) is 1.56. The summed E-state index contributed by atoms with van der Waals surface area (Å²) in [4.78, 5) is 16.2. The first-order chi connectivity index (χ1) is 13.6. The monoisotopic (exact) mass is 383 g/mol. The van der Waals surface area contributed by atoms with Gasteiger partial charge >= 0.3 is 0 Å². The number of carbonyl (C=O) groups excluding carboxylic acids is 1. The van der Waals surface area contributed by atoms with E-state index < -0.39 is 17.5 Å². The van der Waals surface area contributed by atoms with Crippen LogP contribution >= 0.6 is 0 Å². The van der Waals surface area contributed by atoms with Crippen LogP contribution in [0.5, 0.6) is 11.5 Å². The molecule has 6 nitrogen and oxygen atoms in total. The normalized spacial score (nSPS) is 11.9. The number of fused-ring (bicyclic) bond motifs is 1. The molecule has 0 spiro atoms. The number of amides is 1. The minimum atomic E-state index is -1.08. The Morgan fingerprint density at radius 2 is 1.86 bits per heavy atom. The largest absolute Gasteiger partial charge is 0.454 e. The van der Waals surface area contributed by atoms with Crippen LogP contribution in [0.2, 0.25) is 0 Å². The van der Waals surface area contributed by atoms with Crippen LogP contribution in [-0.4, -0.2) is 17.7 Å². The highest BCUT2D eigenvalue weighted by Gasteiger charge is 2.13. The Kier molecular flexibility index (Phi) is 4.76. The Balaban J connectivity index is 1.35. The van der Waals surface area contributed by atoms with Crippen molar-refractivity contribution in [2.45, 2.75) is 6.54 Å². The number of pyridine rings is 1. The molecule has 1 aromatic heterocycles. The van der Waals surface area contributed by atoms with E-state index >= 15 is 0 Å². The highest BCUT2D eigenvalue weighted by molar-refractivity contribution is 6.03. The third-order valence-corrected chi connectivity index (χ3v) is 4.12.